The van der Waals surface area contributed by atoms with Gasteiger partial charge < -0.3 is 0 Å². The van der Waals surface area contributed by atoms with E-state index in [2.05, 4.69) is 6.92 Å². The van der Waals surface area contributed by atoms with Gasteiger partial charge in [-0.3, -0.25) is 0 Å². The van der Waals surface area contributed by atoms with Gasteiger partial charge in [0.05, 0.1) is 0 Å². The first kappa shape index (κ1) is 9.58. The topological polar surface area (TPSA) is 0 Å². The molecule has 9 heavy (non-hydrogen) atoms. The van der Waals surface area contributed by atoms with Gasteiger partial charge in [0.15, 0.2) is 0 Å². The fraction of sp³-hybridized carbons (Fsp3) is 1.00. The third-order valence-electron chi connectivity index (χ3n) is 1.43. The maximum atomic E-state index is 5.54. The van der Waals surface area contributed by atoms with Gasteiger partial charge in [0, 0.05) is 11.8 Å². The SMILES string of the molecule is C[C@@H](CCCl)CCCCl. The van der Waals surface area contributed by atoms with E-state index in [0.29, 0.717) is 0 Å². The highest BCUT2D eigenvalue weighted by atomic mass is 35.5. The molecule has 0 amide bonds. The van der Waals surface area contributed by atoms with Crippen molar-refractivity contribution in [3.63, 3.8) is 0 Å². The van der Waals surface area contributed by atoms with Gasteiger partial charge in [-0.2, -0.15) is 0 Å². The average Bonchev–Trinajstić information content (AvgIpc) is 1.85. The molecule has 0 aromatic carbocycles. The van der Waals surface area contributed by atoms with Crippen LogP contribution in [0, 0.1) is 5.92 Å². The van der Waals surface area contributed by atoms with Gasteiger partial charge in [0.1, 0.15) is 0 Å². The standard InChI is InChI=1S/C7H14Cl2/c1-7(4-6-9)3-2-5-8/h7H,2-6H2,1H3/t7-/m1/s1. The summed E-state index contributed by atoms with van der Waals surface area (Å²) in [6.07, 6.45) is 3.47. The van der Waals surface area contributed by atoms with Crippen LogP contribution in [0.4, 0.5) is 0 Å². The first-order valence-corrected chi connectivity index (χ1v) is 4.50. The highest BCUT2D eigenvalue weighted by molar-refractivity contribution is 6.18. The van der Waals surface area contributed by atoms with E-state index in [1.807, 2.05) is 0 Å². The van der Waals surface area contributed by atoms with Gasteiger partial charge >= 0.3 is 0 Å². The van der Waals surface area contributed by atoms with Crippen LogP contribution in [-0.2, 0) is 0 Å². The quantitative estimate of drug-likeness (QED) is 0.554. The van der Waals surface area contributed by atoms with Crippen molar-refractivity contribution in [3.8, 4) is 0 Å². The molecule has 1 atom stereocenters. The Morgan fingerprint density at radius 3 is 2.22 bits per heavy atom. The summed E-state index contributed by atoms with van der Waals surface area (Å²) in [4.78, 5) is 0. The molecule has 0 aromatic heterocycles. The zero-order chi connectivity index (χ0) is 7.11. The predicted molar refractivity (Wildman–Crippen MR) is 44.5 cm³/mol. The van der Waals surface area contributed by atoms with Crippen molar-refractivity contribution in [3.05, 3.63) is 0 Å². The maximum Gasteiger partial charge on any atom is 0.0225 e. The molecule has 2 heteroatoms. The fourth-order valence-corrected chi connectivity index (χ4v) is 1.28. The second-order valence-electron chi connectivity index (χ2n) is 2.41. The zero-order valence-electron chi connectivity index (χ0n) is 5.87. The second kappa shape index (κ2) is 6.70. The Balaban J connectivity index is 2.95. The summed E-state index contributed by atoms with van der Waals surface area (Å²) in [5.74, 6) is 2.32. The minimum Gasteiger partial charge on any atom is -0.127 e. The smallest absolute Gasteiger partial charge is 0.0225 e. The van der Waals surface area contributed by atoms with Crippen LogP contribution in [0.2, 0.25) is 0 Å². The summed E-state index contributed by atoms with van der Waals surface area (Å²) >= 11 is 11.1. The van der Waals surface area contributed by atoms with Crippen LogP contribution < -0.4 is 0 Å². The zero-order valence-corrected chi connectivity index (χ0v) is 7.38. The molecular formula is C7H14Cl2. The maximum absolute atomic E-state index is 5.54. The Labute approximate surface area is 67.5 Å². The summed E-state index contributed by atoms with van der Waals surface area (Å²) in [6.45, 7) is 2.22. The van der Waals surface area contributed by atoms with Crippen LogP contribution in [0.1, 0.15) is 26.2 Å². The van der Waals surface area contributed by atoms with Crippen molar-refractivity contribution in [1.29, 1.82) is 0 Å². The molecule has 0 nitrogen and oxygen atoms in total. The lowest BCUT2D eigenvalue weighted by Crippen LogP contribution is -1.95. The molecular weight excluding hydrogens is 155 g/mol. The molecule has 0 aliphatic rings. The molecule has 0 fully saturated rings. The highest BCUT2D eigenvalue weighted by Crippen LogP contribution is 2.10. The normalized spacial score (nSPS) is 13.7. The molecule has 0 unspecified atom stereocenters. The van der Waals surface area contributed by atoms with Crippen LogP contribution in [0.5, 0.6) is 0 Å². The lowest BCUT2D eigenvalue weighted by Gasteiger charge is -2.05. The molecule has 0 aliphatic carbocycles. The van der Waals surface area contributed by atoms with E-state index < -0.39 is 0 Å². The number of hydrogen-bond acceptors (Lipinski definition) is 0. The summed E-state index contributed by atoms with van der Waals surface area (Å²) < 4.78 is 0. The molecule has 0 spiro atoms. The van der Waals surface area contributed by atoms with Crippen LogP contribution in [0.15, 0.2) is 0 Å². The predicted octanol–water partition coefficient (Wildman–Crippen LogP) is 3.27. The van der Waals surface area contributed by atoms with E-state index >= 15 is 0 Å². The minimum atomic E-state index is 0.751. The fourth-order valence-electron chi connectivity index (χ4n) is 0.756. The van der Waals surface area contributed by atoms with Crippen LogP contribution in [-0.4, -0.2) is 11.8 Å². The van der Waals surface area contributed by atoms with Crippen LogP contribution >= 0.6 is 23.2 Å². The molecule has 0 bridgehead atoms. The molecule has 0 rings (SSSR count). The van der Waals surface area contributed by atoms with Crippen molar-refractivity contribution < 1.29 is 0 Å². The molecule has 0 aromatic rings. The van der Waals surface area contributed by atoms with E-state index in [0.717, 1.165) is 30.5 Å². The Morgan fingerprint density at radius 1 is 1.11 bits per heavy atom. The first-order valence-electron chi connectivity index (χ1n) is 3.43. The Bertz CT molecular complexity index is 54.9. The van der Waals surface area contributed by atoms with Crippen molar-refractivity contribution in [2.75, 3.05) is 11.8 Å². The minimum absolute atomic E-state index is 0.751. The molecule has 0 radical (unpaired) electrons. The number of hydrogen-bond donors (Lipinski definition) is 0. The molecule has 0 saturated heterocycles. The highest BCUT2D eigenvalue weighted by Gasteiger charge is 1.98. The number of alkyl halides is 2. The first-order chi connectivity index (χ1) is 4.31. The largest absolute Gasteiger partial charge is 0.127 e. The van der Waals surface area contributed by atoms with Crippen molar-refractivity contribution in [2.24, 2.45) is 5.92 Å². The van der Waals surface area contributed by atoms with Crippen LogP contribution in [0.3, 0.4) is 0 Å². The lowest BCUT2D eigenvalue weighted by molar-refractivity contribution is 0.513. The summed E-state index contributed by atoms with van der Waals surface area (Å²) in [6, 6.07) is 0. The Morgan fingerprint density at radius 2 is 1.78 bits per heavy atom. The molecule has 56 valence electrons. The van der Waals surface area contributed by atoms with Gasteiger partial charge in [-0.1, -0.05) is 6.92 Å². The Kier molecular flexibility index (Phi) is 7.13. The number of halogens is 2. The summed E-state index contributed by atoms with van der Waals surface area (Å²) in [7, 11) is 0. The van der Waals surface area contributed by atoms with E-state index in [1.165, 1.54) is 6.42 Å². The third-order valence-corrected chi connectivity index (χ3v) is 1.92. The van der Waals surface area contributed by atoms with E-state index in [1.54, 1.807) is 0 Å². The summed E-state index contributed by atoms with van der Waals surface area (Å²) in [5, 5.41) is 0. The monoisotopic (exact) mass is 168 g/mol. The van der Waals surface area contributed by atoms with Gasteiger partial charge in [-0.15, -0.1) is 23.2 Å². The van der Waals surface area contributed by atoms with Crippen molar-refractivity contribution in [2.45, 2.75) is 26.2 Å². The van der Waals surface area contributed by atoms with Gasteiger partial charge in [0.2, 0.25) is 0 Å². The van der Waals surface area contributed by atoms with Gasteiger partial charge in [-0.25, -0.2) is 0 Å². The average molecular weight is 169 g/mol. The summed E-state index contributed by atoms with van der Waals surface area (Å²) in [5.41, 5.74) is 0. The van der Waals surface area contributed by atoms with E-state index in [9.17, 15) is 0 Å². The lowest BCUT2D eigenvalue weighted by atomic mass is 10.0. The second-order valence-corrected chi connectivity index (χ2v) is 3.17. The van der Waals surface area contributed by atoms with Gasteiger partial charge in [0.25, 0.3) is 0 Å². The van der Waals surface area contributed by atoms with Crippen molar-refractivity contribution >= 4 is 23.2 Å². The van der Waals surface area contributed by atoms with E-state index in [-0.39, 0.29) is 0 Å². The Hall–Kier alpha value is 0.580. The molecule has 0 saturated carbocycles. The van der Waals surface area contributed by atoms with Crippen LogP contribution in [0.25, 0.3) is 0 Å². The van der Waals surface area contributed by atoms with Crippen molar-refractivity contribution in [1.82, 2.24) is 0 Å². The molecule has 0 N–H and O–H groups in total. The van der Waals surface area contributed by atoms with E-state index in [4.69, 9.17) is 23.2 Å². The molecule has 0 heterocycles. The number of rotatable bonds is 5. The molecule has 0 aliphatic heterocycles. The third kappa shape index (κ3) is 6.47. The van der Waals surface area contributed by atoms with Gasteiger partial charge in [-0.05, 0) is 25.2 Å².